The molecule has 0 N–H and O–H groups in total. The van der Waals surface area contributed by atoms with Crippen LogP contribution >= 0.6 is 23.1 Å². The quantitative estimate of drug-likeness (QED) is 0.760. The second kappa shape index (κ2) is 6.76. The second-order valence-electron chi connectivity index (χ2n) is 4.18. The second-order valence-corrected chi connectivity index (χ2v) is 5.53. The maximum atomic E-state index is 12.0. The number of rotatable bonds is 6. The van der Waals surface area contributed by atoms with Crippen LogP contribution in [0.2, 0.25) is 0 Å². The van der Waals surface area contributed by atoms with Crippen molar-refractivity contribution in [2.45, 2.75) is 19.5 Å². The summed E-state index contributed by atoms with van der Waals surface area (Å²) in [6.45, 7) is 0.742. The molecular formula is C13H15ClN2O3S. The first kappa shape index (κ1) is 14.9. The molecule has 1 aromatic heterocycles. The summed E-state index contributed by atoms with van der Waals surface area (Å²) in [4.78, 5) is 23.5. The highest BCUT2D eigenvalue weighted by Gasteiger charge is 2.09. The molecule has 0 aliphatic rings. The molecule has 0 radical (unpaired) electrons. The number of benzene rings is 1. The van der Waals surface area contributed by atoms with Gasteiger partial charge >= 0.3 is 10.6 Å². The lowest BCUT2D eigenvalue weighted by molar-refractivity contribution is 0.414. The van der Waals surface area contributed by atoms with Crippen molar-refractivity contribution in [3.8, 4) is 5.75 Å². The number of nitrogens with zero attached hydrogens (tertiary/aromatic N) is 2. The van der Waals surface area contributed by atoms with Gasteiger partial charge in [0, 0.05) is 24.0 Å². The standard InChI is InChI=1S/C13H15ClN2O3S/c1-19-11-4-2-10(3-5-11)6-8-15-12(17)16(9-7-14)20-13(15)18/h2-5H,6-9H2,1H3. The highest BCUT2D eigenvalue weighted by atomic mass is 35.5. The zero-order valence-corrected chi connectivity index (χ0v) is 12.6. The fourth-order valence-corrected chi connectivity index (χ4v) is 2.92. The van der Waals surface area contributed by atoms with E-state index in [0.29, 0.717) is 25.4 Å². The smallest absolute Gasteiger partial charge is 0.341 e. The summed E-state index contributed by atoms with van der Waals surface area (Å²) in [5.41, 5.74) is 0.765. The van der Waals surface area contributed by atoms with E-state index in [9.17, 15) is 9.59 Å². The van der Waals surface area contributed by atoms with E-state index in [1.165, 1.54) is 8.52 Å². The van der Waals surface area contributed by atoms with Crippen molar-refractivity contribution in [3.05, 3.63) is 50.0 Å². The summed E-state index contributed by atoms with van der Waals surface area (Å²) in [5, 5.41) is 0. The van der Waals surface area contributed by atoms with Gasteiger partial charge in [-0.15, -0.1) is 11.6 Å². The van der Waals surface area contributed by atoms with Crippen molar-refractivity contribution in [2.75, 3.05) is 13.0 Å². The van der Waals surface area contributed by atoms with Gasteiger partial charge in [0.15, 0.2) is 0 Å². The van der Waals surface area contributed by atoms with E-state index in [1.54, 1.807) is 7.11 Å². The molecule has 0 spiro atoms. The molecule has 108 valence electrons. The molecule has 20 heavy (non-hydrogen) atoms. The van der Waals surface area contributed by atoms with Crippen LogP contribution in [0.3, 0.4) is 0 Å². The molecule has 0 atom stereocenters. The minimum atomic E-state index is -0.283. The van der Waals surface area contributed by atoms with Crippen molar-refractivity contribution in [2.24, 2.45) is 0 Å². The summed E-state index contributed by atoms with van der Waals surface area (Å²) in [7, 11) is 1.61. The molecule has 1 heterocycles. The zero-order chi connectivity index (χ0) is 14.5. The molecule has 0 saturated carbocycles. The van der Waals surface area contributed by atoms with Gasteiger partial charge in [-0.3, -0.25) is 4.79 Å². The van der Waals surface area contributed by atoms with Crippen LogP contribution in [0.1, 0.15) is 5.56 Å². The molecule has 0 aliphatic heterocycles. The Balaban J connectivity index is 2.10. The molecule has 0 unspecified atom stereocenters. The van der Waals surface area contributed by atoms with E-state index in [4.69, 9.17) is 16.3 Å². The summed E-state index contributed by atoms with van der Waals surface area (Å²) >= 11 is 6.51. The number of aromatic nitrogens is 2. The molecule has 0 aliphatic carbocycles. The van der Waals surface area contributed by atoms with Crippen LogP contribution in [0, 0.1) is 0 Å². The first-order valence-corrected chi connectivity index (χ1v) is 7.46. The van der Waals surface area contributed by atoms with E-state index in [1.807, 2.05) is 24.3 Å². The number of hydrogen-bond acceptors (Lipinski definition) is 4. The first-order chi connectivity index (χ1) is 9.65. The lowest BCUT2D eigenvalue weighted by Crippen LogP contribution is -2.29. The highest BCUT2D eigenvalue weighted by molar-refractivity contribution is 7.03. The Morgan fingerprint density at radius 1 is 1.20 bits per heavy atom. The highest BCUT2D eigenvalue weighted by Crippen LogP contribution is 2.11. The van der Waals surface area contributed by atoms with Gasteiger partial charge in [0.05, 0.1) is 13.7 Å². The number of hydrogen-bond donors (Lipinski definition) is 0. The van der Waals surface area contributed by atoms with Crippen molar-refractivity contribution in [1.29, 1.82) is 0 Å². The summed E-state index contributed by atoms with van der Waals surface area (Å²) in [6, 6.07) is 7.57. The van der Waals surface area contributed by atoms with Crippen LogP contribution in [0.25, 0.3) is 0 Å². The summed E-state index contributed by atoms with van der Waals surface area (Å²) < 4.78 is 7.72. The minimum absolute atomic E-state index is 0.242. The number of alkyl halides is 1. The Morgan fingerprint density at radius 3 is 2.50 bits per heavy atom. The lowest BCUT2D eigenvalue weighted by Gasteiger charge is -2.03. The topological polar surface area (TPSA) is 53.2 Å². The van der Waals surface area contributed by atoms with E-state index < -0.39 is 0 Å². The molecular weight excluding hydrogens is 300 g/mol. The SMILES string of the molecule is COc1ccc(CCn2c(=O)sn(CCCl)c2=O)cc1. The third-order valence-electron chi connectivity index (χ3n) is 2.92. The third-order valence-corrected chi connectivity index (χ3v) is 4.03. The van der Waals surface area contributed by atoms with Gasteiger partial charge in [-0.2, -0.15) is 0 Å². The Hall–Kier alpha value is -1.53. The van der Waals surface area contributed by atoms with Gasteiger partial charge in [0.25, 0.3) is 0 Å². The van der Waals surface area contributed by atoms with Crippen molar-refractivity contribution >= 4 is 23.1 Å². The summed E-state index contributed by atoms with van der Waals surface area (Å²) in [5.74, 6) is 1.10. The number of ether oxygens (including phenoxy) is 1. The predicted octanol–water partition coefficient (Wildman–Crippen LogP) is 1.56. The predicted molar refractivity (Wildman–Crippen MR) is 80.3 cm³/mol. The maximum Gasteiger partial charge on any atom is 0.341 e. The van der Waals surface area contributed by atoms with E-state index >= 15 is 0 Å². The average Bonchev–Trinajstić information content (AvgIpc) is 2.72. The van der Waals surface area contributed by atoms with Crippen molar-refractivity contribution < 1.29 is 4.74 Å². The largest absolute Gasteiger partial charge is 0.497 e. The number of methoxy groups -OCH3 is 1. The summed E-state index contributed by atoms with van der Waals surface area (Å²) in [6.07, 6.45) is 0.622. The van der Waals surface area contributed by atoms with E-state index in [-0.39, 0.29) is 10.6 Å². The van der Waals surface area contributed by atoms with Gasteiger partial charge in [0.2, 0.25) is 0 Å². The molecule has 2 aromatic rings. The van der Waals surface area contributed by atoms with Gasteiger partial charge in [-0.05, 0) is 24.1 Å². The average molecular weight is 315 g/mol. The van der Waals surface area contributed by atoms with E-state index in [0.717, 1.165) is 22.8 Å². The zero-order valence-electron chi connectivity index (χ0n) is 11.0. The lowest BCUT2D eigenvalue weighted by atomic mass is 10.1. The van der Waals surface area contributed by atoms with Gasteiger partial charge in [-0.1, -0.05) is 12.1 Å². The monoisotopic (exact) mass is 314 g/mol. The van der Waals surface area contributed by atoms with Crippen LogP contribution in [0.5, 0.6) is 5.75 Å². The number of halogens is 1. The molecule has 7 heteroatoms. The first-order valence-electron chi connectivity index (χ1n) is 6.15. The molecule has 1 aromatic carbocycles. The van der Waals surface area contributed by atoms with Crippen LogP contribution in [0.15, 0.2) is 33.9 Å². The van der Waals surface area contributed by atoms with Gasteiger partial charge < -0.3 is 4.74 Å². The molecule has 0 saturated heterocycles. The van der Waals surface area contributed by atoms with Gasteiger partial charge in [-0.25, -0.2) is 13.3 Å². The third kappa shape index (κ3) is 3.32. The molecule has 2 rings (SSSR count). The van der Waals surface area contributed by atoms with Crippen LogP contribution < -0.4 is 15.3 Å². The Labute approximate surface area is 125 Å². The van der Waals surface area contributed by atoms with Gasteiger partial charge in [0.1, 0.15) is 5.75 Å². The normalized spacial score (nSPS) is 10.7. The molecule has 0 fully saturated rings. The molecule has 0 amide bonds. The van der Waals surface area contributed by atoms with E-state index in [2.05, 4.69) is 0 Å². The van der Waals surface area contributed by atoms with Crippen molar-refractivity contribution in [3.63, 3.8) is 0 Å². The van der Waals surface area contributed by atoms with Crippen LogP contribution in [0.4, 0.5) is 0 Å². The van der Waals surface area contributed by atoms with Crippen molar-refractivity contribution in [1.82, 2.24) is 8.52 Å². The number of aryl methyl sites for hydroxylation is 2. The molecule has 5 nitrogen and oxygen atoms in total. The Kier molecular flexibility index (Phi) is 5.03. The van der Waals surface area contributed by atoms with Crippen LogP contribution in [-0.4, -0.2) is 21.5 Å². The maximum absolute atomic E-state index is 12.0. The minimum Gasteiger partial charge on any atom is -0.497 e. The Morgan fingerprint density at radius 2 is 1.90 bits per heavy atom. The molecule has 0 bridgehead atoms. The Bertz CT molecular complexity index is 672. The fourth-order valence-electron chi connectivity index (χ4n) is 1.83. The van der Waals surface area contributed by atoms with Crippen LogP contribution in [-0.2, 0) is 19.5 Å². The fraction of sp³-hybridized carbons (Fsp3) is 0.385.